The maximum absolute atomic E-state index is 10.7. The fraction of sp³-hybridized carbons (Fsp3) is 0. The summed E-state index contributed by atoms with van der Waals surface area (Å²) in [6, 6.07) is 3.32. The Kier molecular flexibility index (Phi) is 2.90. The number of carboxylic acid groups (broad SMARTS) is 2. The van der Waals surface area contributed by atoms with Crippen LogP contribution in [0.15, 0.2) is 23.3 Å². The Labute approximate surface area is 83.2 Å². The summed E-state index contributed by atoms with van der Waals surface area (Å²) < 4.78 is 0. The third-order valence-corrected chi connectivity index (χ3v) is 1.62. The first-order valence-electron chi connectivity index (χ1n) is 3.72. The first kappa shape index (κ1) is 10.6. The number of carboxylic acids is 2. The van der Waals surface area contributed by atoms with Crippen molar-refractivity contribution in [2.75, 3.05) is 0 Å². The van der Waals surface area contributed by atoms with Crippen molar-refractivity contribution in [1.82, 2.24) is 0 Å². The molecular weight excluding hydrogens is 202 g/mol. The van der Waals surface area contributed by atoms with Crippen LogP contribution in [0, 0.1) is 0 Å². The average molecular weight is 207 g/mol. The minimum Gasteiger partial charge on any atom is -0.478 e. The largest absolute Gasteiger partial charge is 0.478 e. The molecule has 0 aromatic heterocycles. The highest BCUT2D eigenvalue weighted by Crippen LogP contribution is 2.18. The summed E-state index contributed by atoms with van der Waals surface area (Å²) in [5.41, 5.74) is 7.42. The Hall–Kier alpha value is -2.53. The van der Waals surface area contributed by atoms with Crippen molar-refractivity contribution in [3.63, 3.8) is 0 Å². The molecule has 7 nitrogen and oxygen atoms in total. The summed E-state index contributed by atoms with van der Waals surface area (Å²) in [4.78, 5) is 23.8. The van der Waals surface area contributed by atoms with Crippen molar-refractivity contribution in [3.05, 3.63) is 39.8 Å². The van der Waals surface area contributed by atoms with Crippen molar-refractivity contribution in [2.45, 2.75) is 0 Å². The predicted octanol–water partition coefficient (Wildman–Crippen LogP) is 2.02. The van der Waals surface area contributed by atoms with Crippen LogP contribution < -0.4 is 0 Å². The Morgan fingerprint density at radius 1 is 1.20 bits per heavy atom. The van der Waals surface area contributed by atoms with E-state index in [9.17, 15) is 9.59 Å². The van der Waals surface area contributed by atoms with Crippen LogP contribution in [0.3, 0.4) is 0 Å². The monoisotopic (exact) mass is 207 g/mol. The van der Waals surface area contributed by atoms with Crippen molar-refractivity contribution in [3.8, 4) is 0 Å². The molecule has 1 aromatic rings. The second-order valence-corrected chi connectivity index (χ2v) is 2.53. The molecule has 0 atom stereocenters. The molecule has 0 saturated heterocycles. The van der Waals surface area contributed by atoms with Gasteiger partial charge in [-0.15, -0.1) is 0 Å². The summed E-state index contributed by atoms with van der Waals surface area (Å²) in [5.74, 6) is -2.73. The second kappa shape index (κ2) is 4.12. The van der Waals surface area contributed by atoms with Crippen LogP contribution >= 0.6 is 0 Å². The fourth-order valence-corrected chi connectivity index (χ4v) is 1.01. The van der Waals surface area contributed by atoms with Crippen LogP contribution in [-0.4, -0.2) is 22.2 Å². The minimum atomic E-state index is -1.39. The zero-order valence-electron chi connectivity index (χ0n) is 7.28. The zero-order chi connectivity index (χ0) is 11.4. The summed E-state index contributed by atoms with van der Waals surface area (Å²) in [6.07, 6.45) is 0. The van der Waals surface area contributed by atoms with Gasteiger partial charge in [-0.3, -0.25) is 0 Å². The molecule has 0 heterocycles. The number of benzene rings is 1. The molecule has 0 spiro atoms. The third kappa shape index (κ3) is 2.23. The zero-order valence-corrected chi connectivity index (χ0v) is 7.28. The topological polar surface area (TPSA) is 123 Å². The summed E-state index contributed by atoms with van der Waals surface area (Å²) >= 11 is 0. The summed E-state index contributed by atoms with van der Waals surface area (Å²) in [7, 11) is 0. The Balaban J connectivity index is 3.39. The molecular formula is C8H5N3O4. The van der Waals surface area contributed by atoms with E-state index >= 15 is 0 Å². The Bertz CT molecular complexity index is 477. The van der Waals surface area contributed by atoms with Crippen LogP contribution in [0.1, 0.15) is 20.7 Å². The van der Waals surface area contributed by atoms with Gasteiger partial charge in [0, 0.05) is 10.6 Å². The first-order valence-corrected chi connectivity index (χ1v) is 3.72. The molecule has 15 heavy (non-hydrogen) atoms. The molecule has 0 aliphatic carbocycles. The molecule has 0 unspecified atom stereocenters. The first-order chi connectivity index (χ1) is 7.06. The Morgan fingerprint density at radius 3 is 2.27 bits per heavy atom. The van der Waals surface area contributed by atoms with Gasteiger partial charge in [0.05, 0.1) is 11.1 Å². The standard InChI is InChI=1S/C8H5N3O4/c9-11-10-4-1-2-5(7(12)13)6(3-4)8(14)15/h1-3H,(H,12,13)(H,14,15). The number of hydrogen-bond donors (Lipinski definition) is 2. The van der Waals surface area contributed by atoms with Crippen molar-refractivity contribution >= 4 is 17.6 Å². The number of carbonyl (C=O) groups is 2. The number of hydrogen-bond acceptors (Lipinski definition) is 3. The van der Waals surface area contributed by atoms with Crippen molar-refractivity contribution in [2.24, 2.45) is 5.11 Å². The lowest BCUT2D eigenvalue weighted by atomic mass is 10.1. The lowest BCUT2D eigenvalue weighted by Gasteiger charge is -2.01. The van der Waals surface area contributed by atoms with E-state index in [2.05, 4.69) is 10.0 Å². The maximum atomic E-state index is 10.7. The van der Waals surface area contributed by atoms with Gasteiger partial charge in [-0.1, -0.05) is 11.2 Å². The number of nitrogens with zero attached hydrogens (tertiary/aromatic N) is 3. The molecule has 0 aliphatic rings. The van der Waals surface area contributed by atoms with Crippen LogP contribution in [-0.2, 0) is 0 Å². The minimum absolute atomic E-state index is 0.0555. The molecule has 0 fully saturated rings. The number of rotatable bonds is 3. The molecule has 7 heteroatoms. The molecule has 0 bridgehead atoms. The SMILES string of the molecule is [N-]=[N+]=Nc1ccc(C(=O)O)c(C(=O)O)c1. The maximum Gasteiger partial charge on any atom is 0.336 e. The van der Waals surface area contributed by atoms with Gasteiger partial charge < -0.3 is 10.2 Å². The van der Waals surface area contributed by atoms with Crippen LogP contribution in [0.2, 0.25) is 0 Å². The normalized spacial score (nSPS) is 9.07. The molecule has 0 saturated carbocycles. The fourth-order valence-electron chi connectivity index (χ4n) is 1.01. The molecule has 2 N–H and O–H groups in total. The van der Waals surface area contributed by atoms with Crippen LogP contribution in [0.25, 0.3) is 10.4 Å². The molecule has 1 aromatic carbocycles. The van der Waals surface area contributed by atoms with Crippen molar-refractivity contribution in [1.29, 1.82) is 0 Å². The van der Waals surface area contributed by atoms with Crippen LogP contribution in [0.5, 0.6) is 0 Å². The molecule has 1 rings (SSSR count). The predicted molar refractivity (Wildman–Crippen MR) is 49.2 cm³/mol. The highest BCUT2D eigenvalue weighted by Gasteiger charge is 2.15. The number of aromatic carboxylic acids is 2. The highest BCUT2D eigenvalue weighted by atomic mass is 16.4. The average Bonchev–Trinajstić information content (AvgIpc) is 2.17. The van der Waals surface area contributed by atoms with E-state index in [0.717, 1.165) is 12.1 Å². The van der Waals surface area contributed by atoms with E-state index < -0.39 is 17.5 Å². The molecule has 0 amide bonds. The van der Waals surface area contributed by atoms with Gasteiger partial charge in [0.2, 0.25) is 0 Å². The van der Waals surface area contributed by atoms with Gasteiger partial charge in [-0.2, -0.15) is 0 Å². The Morgan fingerprint density at radius 2 is 1.80 bits per heavy atom. The van der Waals surface area contributed by atoms with Crippen molar-refractivity contribution < 1.29 is 19.8 Å². The van der Waals surface area contributed by atoms with Gasteiger partial charge in [-0.25, -0.2) is 9.59 Å². The van der Waals surface area contributed by atoms with Gasteiger partial charge in [0.25, 0.3) is 0 Å². The lowest BCUT2D eigenvalue weighted by Crippen LogP contribution is -2.07. The number of azide groups is 1. The van der Waals surface area contributed by atoms with E-state index in [1.807, 2.05) is 0 Å². The van der Waals surface area contributed by atoms with E-state index in [0.29, 0.717) is 0 Å². The smallest absolute Gasteiger partial charge is 0.336 e. The molecule has 0 aliphatic heterocycles. The second-order valence-electron chi connectivity index (χ2n) is 2.53. The van der Waals surface area contributed by atoms with E-state index in [1.165, 1.54) is 6.07 Å². The molecule has 0 radical (unpaired) electrons. The third-order valence-electron chi connectivity index (χ3n) is 1.62. The highest BCUT2D eigenvalue weighted by molar-refractivity contribution is 6.02. The van der Waals surface area contributed by atoms with Gasteiger partial charge in [0.1, 0.15) is 0 Å². The summed E-state index contributed by atoms with van der Waals surface area (Å²) in [6.45, 7) is 0. The van der Waals surface area contributed by atoms with E-state index in [1.54, 1.807) is 0 Å². The van der Waals surface area contributed by atoms with Gasteiger partial charge in [0.15, 0.2) is 0 Å². The van der Waals surface area contributed by atoms with E-state index in [-0.39, 0.29) is 11.3 Å². The molecule has 76 valence electrons. The van der Waals surface area contributed by atoms with Gasteiger partial charge in [-0.05, 0) is 17.7 Å². The van der Waals surface area contributed by atoms with Crippen LogP contribution in [0.4, 0.5) is 5.69 Å². The quantitative estimate of drug-likeness (QED) is 0.446. The lowest BCUT2D eigenvalue weighted by molar-refractivity contribution is 0.0651. The van der Waals surface area contributed by atoms with E-state index in [4.69, 9.17) is 15.7 Å². The summed E-state index contributed by atoms with van der Waals surface area (Å²) in [5, 5.41) is 20.6. The van der Waals surface area contributed by atoms with Gasteiger partial charge >= 0.3 is 11.9 Å².